The van der Waals surface area contributed by atoms with Gasteiger partial charge in [-0.2, -0.15) is 27.7 Å². The molecule has 0 fully saturated rings. The Morgan fingerprint density at radius 3 is 2.58 bits per heavy atom. The number of aliphatic hydroxyl groups is 1. The minimum absolute atomic E-state index is 0.0559. The van der Waals surface area contributed by atoms with Crippen LogP contribution in [-0.2, 0) is 29.7 Å². The molecule has 2 aliphatic carbocycles. The quantitative estimate of drug-likeness (QED) is 0.355. The summed E-state index contributed by atoms with van der Waals surface area (Å²) in [4.78, 5) is -0.923. The van der Waals surface area contributed by atoms with Crippen molar-refractivity contribution < 1.29 is 31.1 Å². The Morgan fingerprint density at radius 2 is 1.92 bits per heavy atom. The first kappa shape index (κ1) is 26.6. The number of aliphatic hydroxyl groups excluding tert-OH is 1. The van der Waals surface area contributed by atoms with Crippen molar-refractivity contribution >= 4 is 10.0 Å². The van der Waals surface area contributed by atoms with E-state index in [1.165, 1.54) is 19.2 Å². The van der Waals surface area contributed by atoms with E-state index in [0.717, 1.165) is 43.3 Å². The molecule has 0 amide bonds. The Morgan fingerprint density at radius 1 is 1.21 bits per heavy atom. The lowest BCUT2D eigenvalue weighted by atomic mass is 9.80. The summed E-state index contributed by atoms with van der Waals surface area (Å²) >= 11 is 0. The molecular weight excluding hydrogens is 526 g/mol. The van der Waals surface area contributed by atoms with E-state index in [-0.39, 0.29) is 30.7 Å². The van der Waals surface area contributed by atoms with Gasteiger partial charge in [0.15, 0.2) is 5.69 Å². The Balaban J connectivity index is 1.45. The Kier molecular flexibility index (Phi) is 6.72. The van der Waals surface area contributed by atoms with Gasteiger partial charge >= 0.3 is 6.18 Å². The molecule has 0 spiro atoms. The molecule has 3 aromatic rings. The molecule has 0 bridgehead atoms. The number of aryl methyl sites for hydroxylation is 1. The van der Waals surface area contributed by atoms with Crippen LogP contribution in [0.2, 0.25) is 0 Å². The van der Waals surface area contributed by atoms with Gasteiger partial charge in [-0.05, 0) is 43.0 Å². The first-order chi connectivity index (χ1) is 17.9. The average Bonchev–Trinajstić information content (AvgIpc) is 3.57. The van der Waals surface area contributed by atoms with Gasteiger partial charge in [0.2, 0.25) is 10.0 Å². The number of rotatable bonds is 7. The van der Waals surface area contributed by atoms with Crippen molar-refractivity contribution in [1.82, 2.24) is 23.9 Å². The molecule has 0 saturated carbocycles. The smallest absolute Gasteiger partial charge is 0.395 e. The lowest BCUT2D eigenvalue weighted by Gasteiger charge is -2.30. The van der Waals surface area contributed by atoms with Crippen molar-refractivity contribution in [2.75, 3.05) is 19.7 Å². The van der Waals surface area contributed by atoms with E-state index in [1.807, 2.05) is 6.92 Å². The van der Waals surface area contributed by atoms with Gasteiger partial charge in [-0.3, -0.25) is 4.68 Å². The number of alkyl halides is 3. The van der Waals surface area contributed by atoms with E-state index in [2.05, 4.69) is 10.2 Å². The topological polar surface area (TPSA) is 93.2 Å². The van der Waals surface area contributed by atoms with Crippen LogP contribution in [0.5, 0.6) is 0 Å². The average molecular weight is 554 g/mol. The third-order valence-corrected chi connectivity index (χ3v) is 9.25. The molecule has 2 heterocycles. The van der Waals surface area contributed by atoms with Crippen LogP contribution in [0.1, 0.15) is 42.6 Å². The van der Waals surface area contributed by atoms with E-state index in [1.54, 1.807) is 23.0 Å². The second-order valence-corrected chi connectivity index (χ2v) is 11.6. The maximum absolute atomic E-state index is 13.6. The largest absolute Gasteiger partial charge is 0.436 e. The lowest BCUT2D eigenvalue weighted by molar-refractivity contribution is -0.143. The maximum atomic E-state index is 13.6. The zero-order chi connectivity index (χ0) is 27.4. The summed E-state index contributed by atoms with van der Waals surface area (Å²) in [6, 6.07) is 6.04. The third-order valence-electron chi connectivity index (χ3n) is 7.38. The Bertz CT molecular complexity index is 1490. The molecule has 2 aliphatic rings. The van der Waals surface area contributed by atoms with Crippen LogP contribution < -0.4 is 0 Å². The summed E-state index contributed by atoms with van der Waals surface area (Å²) in [5.41, 5.74) is 3.43. The summed E-state index contributed by atoms with van der Waals surface area (Å²) in [5.74, 6) is -0.657. The molecule has 2 atom stereocenters. The van der Waals surface area contributed by atoms with Gasteiger partial charge in [-0.1, -0.05) is 18.1 Å². The lowest BCUT2D eigenvalue weighted by Crippen LogP contribution is -2.38. The second-order valence-electron chi connectivity index (χ2n) is 9.73. The van der Waals surface area contributed by atoms with Gasteiger partial charge in [-0.15, -0.1) is 0 Å². The Hall–Kier alpha value is -3.03. The molecule has 204 valence electrons. The fourth-order valence-electron chi connectivity index (χ4n) is 5.73. The van der Waals surface area contributed by atoms with Crippen LogP contribution in [0, 0.1) is 11.7 Å². The zero-order valence-corrected chi connectivity index (χ0v) is 21.6. The predicted octanol–water partition coefficient (Wildman–Crippen LogP) is 3.81. The summed E-state index contributed by atoms with van der Waals surface area (Å²) in [6.07, 6.45) is -0.393. The molecule has 1 aromatic carbocycles. The molecular formula is C25H27F4N5O3S. The minimum atomic E-state index is -4.95. The van der Waals surface area contributed by atoms with Crippen molar-refractivity contribution in [3.8, 4) is 5.69 Å². The van der Waals surface area contributed by atoms with Crippen LogP contribution in [0.15, 0.2) is 52.7 Å². The normalized spacial score (nSPS) is 19.8. The van der Waals surface area contributed by atoms with Gasteiger partial charge in [0.1, 0.15) is 10.7 Å². The number of aromatic nitrogens is 4. The Labute approximate surface area is 217 Å². The van der Waals surface area contributed by atoms with Gasteiger partial charge in [0.25, 0.3) is 0 Å². The summed E-state index contributed by atoms with van der Waals surface area (Å²) in [6.45, 7) is 1.08. The standard InChI is InChI=1S/C25H27F4N5O3S/c1-15-20-12-30-34(19-7-5-18(26)6-8-19)21(20)11-16-3-4-17(23(15)16)13-33(9-10-35)38(36,37)22-14-32(2)31-24(22)25(27,28)29/h5-8,12,14-15,17,35H,3-4,9-11,13H2,1-2H3/t15-,17+/m0/s1. The van der Waals surface area contributed by atoms with Gasteiger partial charge in [-0.25, -0.2) is 17.5 Å². The van der Waals surface area contributed by atoms with Crippen LogP contribution in [0.25, 0.3) is 5.69 Å². The van der Waals surface area contributed by atoms with Crippen molar-refractivity contribution in [3.05, 3.63) is 70.6 Å². The van der Waals surface area contributed by atoms with Crippen molar-refractivity contribution in [2.45, 2.75) is 43.2 Å². The van der Waals surface area contributed by atoms with Crippen molar-refractivity contribution in [3.63, 3.8) is 0 Å². The summed E-state index contributed by atoms with van der Waals surface area (Å²) in [5, 5.41) is 17.5. The zero-order valence-electron chi connectivity index (χ0n) is 20.8. The van der Waals surface area contributed by atoms with Gasteiger partial charge < -0.3 is 5.11 Å². The molecule has 0 aliphatic heterocycles. The molecule has 5 rings (SSSR count). The van der Waals surface area contributed by atoms with Crippen LogP contribution in [-0.4, -0.2) is 57.1 Å². The second kappa shape index (κ2) is 9.62. The number of hydrogen-bond donors (Lipinski definition) is 1. The molecule has 38 heavy (non-hydrogen) atoms. The highest BCUT2D eigenvalue weighted by Gasteiger charge is 2.44. The maximum Gasteiger partial charge on any atom is 0.436 e. The number of hydrogen-bond acceptors (Lipinski definition) is 5. The molecule has 8 nitrogen and oxygen atoms in total. The number of fused-ring (bicyclic) bond motifs is 1. The number of benzene rings is 1. The number of sulfonamides is 1. The molecule has 2 aromatic heterocycles. The summed E-state index contributed by atoms with van der Waals surface area (Å²) in [7, 11) is -3.37. The SMILES string of the molecule is C[C@@H]1C2=C(CC[C@@H]2CN(CCO)S(=O)(=O)c2cn(C)nc2C(F)(F)F)Cc2c1cnn2-c1ccc(F)cc1. The molecule has 13 heteroatoms. The molecule has 0 unspecified atom stereocenters. The van der Waals surface area contributed by atoms with Gasteiger partial charge in [0.05, 0.1) is 24.2 Å². The monoisotopic (exact) mass is 553 g/mol. The minimum Gasteiger partial charge on any atom is -0.395 e. The molecule has 0 saturated heterocycles. The van der Waals surface area contributed by atoms with E-state index in [0.29, 0.717) is 19.3 Å². The first-order valence-corrected chi connectivity index (χ1v) is 13.6. The highest BCUT2D eigenvalue weighted by molar-refractivity contribution is 7.89. The van der Waals surface area contributed by atoms with E-state index in [4.69, 9.17) is 0 Å². The third kappa shape index (κ3) is 4.56. The highest BCUT2D eigenvalue weighted by atomic mass is 32.2. The number of allylic oxidation sites excluding steroid dienone is 1. The van der Waals surface area contributed by atoms with E-state index < -0.39 is 33.4 Å². The number of nitrogens with zero attached hydrogens (tertiary/aromatic N) is 5. The van der Waals surface area contributed by atoms with Crippen molar-refractivity contribution in [2.24, 2.45) is 13.0 Å². The molecule has 0 radical (unpaired) electrons. The first-order valence-electron chi connectivity index (χ1n) is 12.2. The van der Waals surface area contributed by atoms with E-state index in [9.17, 15) is 31.1 Å². The van der Waals surface area contributed by atoms with Crippen LogP contribution >= 0.6 is 0 Å². The summed E-state index contributed by atoms with van der Waals surface area (Å²) < 4.78 is 84.5. The van der Waals surface area contributed by atoms with E-state index >= 15 is 0 Å². The predicted molar refractivity (Wildman–Crippen MR) is 129 cm³/mol. The van der Waals surface area contributed by atoms with Crippen LogP contribution in [0.4, 0.5) is 17.6 Å². The van der Waals surface area contributed by atoms with Crippen molar-refractivity contribution in [1.29, 1.82) is 0 Å². The fourth-order valence-corrected chi connectivity index (χ4v) is 7.40. The molecule has 1 N–H and O–H groups in total. The van der Waals surface area contributed by atoms with Gasteiger partial charge in [0, 0.05) is 44.2 Å². The van der Waals surface area contributed by atoms with Crippen LogP contribution in [0.3, 0.4) is 0 Å². The number of halogens is 4. The highest BCUT2D eigenvalue weighted by Crippen LogP contribution is 2.47. The fraction of sp³-hybridized carbons (Fsp3) is 0.440.